The highest BCUT2D eigenvalue weighted by Crippen LogP contribution is 2.37. The molecule has 0 fully saturated rings. The highest BCUT2D eigenvalue weighted by atomic mass is 32.1. The van der Waals surface area contributed by atoms with Gasteiger partial charge in [-0.05, 0) is 48.1 Å². The Morgan fingerprint density at radius 1 is 1.27 bits per heavy atom. The van der Waals surface area contributed by atoms with Crippen LogP contribution in [0, 0.1) is 6.92 Å². The quantitative estimate of drug-likeness (QED) is 0.657. The van der Waals surface area contributed by atoms with Gasteiger partial charge in [-0.25, -0.2) is 0 Å². The number of rotatable bonds is 6. The summed E-state index contributed by atoms with van der Waals surface area (Å²) < 4.78 is 12.2. The predicted octanol–water partition coefficient (Wildman–Crippen LogP) is 2.82. The van der Waals surface area contributed by atoms with E-state index in [2.05, 4.69) is 11.7 Å². The first-order valence-corrected chi connectivity index (χ1v) is 7.52. The molecule has 0 aliphatic heterocycles. The Morgan fingerprint density at radius 3 is 2.45 bits per heavy atom. The number of hydrogen-bond donors (Lipinski definition) is 1. The van der Waals surface area contributed by atoms with Crippen LogP contribution in [0.1, 0.15) is 15.6 Å². The van der Waals surface area contributed by atoms with Gasteiger partial charge in [0, 0.05) is 11.2 Å². The number of aryl methyl sites for hydroxylation is 1. The first-order valence-electron chi connectivity index (χ1n) is 6.70. The normalized spacial score (nSPS) is 10.9. The van der Waals surface area contributed by atoms with Crippen molar-refractivity contribution < 1.29 is 19.3 Å². The van der Waals surface area contributed by atoms with E-state index in [1.807, 2.05) is 29.8 Å². The number of allylic oxidation sites excluding steroid dienone is 1. The van der Waals surface area contributed by atoms with Crippen molar-refractivity contribution >= 4 is 23.5 Å². The maximum atomic E-state index is 9.92. The summed E-state index contributed by atoms with van der Waals surface area (Å²) in [4.78, 5) is 0. The zero-order valence-corrected chi connectivity index (χ0v) is 13.7. The van der Waals surface area contributed by atoms with Crippen LogP contribution in [0.5, 0.6) is 17.2 Å². The van der Waals surface area contributed by atoms with Gasteiger partial charge < -0.3 is 14.6 Å². The van der Waals surface area contributed by atoms with Crippen molar-refractivity contribution in [3.8, 4) is 17.2 Å². The maximum absolute atomic E-state index is 9.92. The van der Waals surface area contributed by atoms with Crippen LogP contribution in [-0.2, 0) is 6.54 Å². The first-order chi connectivity index (χ1) is 10.6. The van der Waals surface area contributed by atoms with E-state index in [1.54, 1.807) is 23.5 Å². The Bertz CT molecular complexity index is 682. The molecule has 0 unspecified atom stereocenters. The third kappa shape index (κ3) is 3.46. The lowest BCUT2D eigenvalue weighted by Crippen LogP contribution is -2.37. The van der Waals surface area contributed by atoms with E-state index in [0.717, 1.165) is 15.6 Å². The molecule has 0 radical (unpaired) electrons. The van der Waals surface area contributed by atoms with Gasteiger partial charge in [-0.2, -0.15) is 0 Å². The molecule has 0 aliphatic rings. The van der Waals surface area contributed by atoms with Crippen molar-refractivity contribution in [2.75, 3.05) is 14.2 Å². The summed E-state index contributed by atoms with van der Waals surface area (Å²) in [5.41, 5.74) is 0.864. The zero-order chi connectivity index (χ0) is 16.1. The van der Waals surface area contributed by atoms with Gasteiger partial charge in [-0.3, -0.25) is 0 Å². The summed E-state index contributed by atoms with van der Waals surface area (Å²) in [7, 11) is 3.01. The van der Waals surface area contributed by atoms with E-state index in [0.29, 0.717) is 18.0 Å². The number of benzene rings is 1. The molecule has 0 aliphatic carbocycles. The van der Waals surface area contributed by atoms with E-state index in [1.165, 1.54) is 14.2 Å². The molecule has 0 bridgehead atoms. The van der Waals surface area contributed by atoms with Crippen LogP contribution in [0.15, 0.2) is 24.8 Å². The fourth-order valence-electron chi connectivity index (χ4n) is 1.99. The van der Waals surface area contributed by atoms with Gasteiger partial charge in [-0.1, -0.05) is 11.3 Å². The van der Waals surface area contributed by atoms with Gasteiger partial charge in [0.05, 0.1) is 14.2 Å². The van der Waals surface area contributed by atoms with Crippen molar-refractivity contribution in [1.82, 2.24) is 5.10 Å². The van der Waals surface area contributed by atoms with Gasteiger partial charge >= 0.3 is 0 Å². The van der Waals surface area contributed by atoms with Crippen molar-refractivity contribution in [2.45, 2.75) is 13.5 Å². The second-order valence-corrected chi connectivity index (χ2v) is 5.75. The minimum absolute atomic E-state index is 0.00231. The number of methoxy groups -OCH3 is 2. The molecule has 2 rings (SSSR count). The van der Waals surface area contributed by atoms with E-state index in [-0.39, 0.29) is 5.75 Å². The number of aromatic nitrogens is 2. The summed E-state index contributed by atoms with van der Waals surface area (Å²) in [6.45, 7) is 6.36. The van der Waals surface area contributed by atoms with Crippen LogP contribution in [0.4, 0.5) is 0 Å². The Balaban J connectivity index is 2.36. The average molecular weight is 319 g/mol. The molecular weight excluding hydrogens is 300 g/mol. The van der Waals surface area contributed by atoms with Crippen LogP contribution in [0.25, 0.3) is 12.2 Å². The van der Waals surface area contributed by atoms with Crippen LogP contribution < -0.4 is 14.2 Å². The Labute approximate surface area is 133 Å². The van der Waals surface area contributed by atoms with E-state index in [9.17, 15) is 5.11 Å². The number of ether oxygens (including phenoxy) is 2. The summed E-state index contributed by atoms with van der Waals surface area (Å²) in [5, 5.41) is 16.3. The molecule has 1 aromatic heterocycles. The summed E-state index contributed by atoms with van der Waals surface area (Å²) in [6, 6.07) is 3.50. The molecule has 0 spiro atoms. The fourth-order valence-corrected chi connectivity index (χ4v) is 2.79. The van der Waals surface area contributed by atoms with Crippen molar-refractivity contribution in [2.24, 2.45) is 0 Å². The van der Waals surface area contributed by atoms with Gasteiger partial charge in [0.25, 0.3) is 5.01 Å². The third-order valence-corrected chi connectivity index (χ3v) is 3.92. The maximum Gasteiger partial charge on any atom is 0.289 e. The molecule has 5 nitrogen and oxygen atoms in total. The average Bonchev–Trinajstić information content (AvgIpc) is 2.86. The molecule has 0 saturated heterocycles. The first kappa shape index (κ1) is 16.0. The third-order valence-electron chi connectivity index (χ3n) is 2.99. The molecule has 0 saturated carbocycles. The van der Waals surface area contributed by atoms with Crippen molar-refractivity contribution in [3.63, 3.8) is 0 Å². The SMILES string of the molecule is C=CC[n+]1nc(C)sc1/C=C/c1cc(OC)c(O)c(OC)c1. The Morgan fingerprint density at radius 2 is 1.91 bits per heavy atom. The highest BCUT2D eigenvalue weighted by Gasteiger charge is 2.14. The number of nitrogens with zero attached hydrogens (tertiary/aromatic N) is 2. The van der Waals surface area contributed by atoms with Gasteiger partial charge in [0.1, 0.15) is 0 Å². The number of aromatic hydroxyl groups is 1. The zero-order valence-electron chi connectivity index (χ0n) is 12.9. The molecule has 1 aromatic carbocycles. The molecule has 116 valence electrons. The second kappa shape index (κ2) is 7.09. The van der Waals surface area contributed by atoms with E-state index < -0.39 is 0 Å². The summed E-state index contributed by atoms with van der Waals surface area (Å²) in [6.07, 6.45) is 5.71. The molecule has 1 N–H and O–H groups in total. The molecule has 6 heteroatoms. The summed E-state index contributed by atoms with van der Waals surface area (Å²) >= 11 is 1.60. The highest BCUT2D eigenvalue weighted by molar-refractivity contribution is 7.11. The molecule has 22 heavy (non-hydrogen) atoms. The van der Waals surface area contributed by atoms with E-state index >= 15 is 0 Å². The lowest BCUT2D eigenvalue weighted by atomic mass is 10.1. The van der Waals surface area contributed by atoms with Crippen LogP contribution in [0.2, 0.25) is 0 Å². The van der Waals surface area contributed by atoms with Gasteiger partial charge in [-0.15, -0.1) is 0 Å². The molecular formula is C16H19N2O3S+. The van der Waals surface area contributed by atoms with E-state index in [4.69, 9.17) is 9.47 Å². The lowest BCUT2D eigenvalue weighted by molar-refractivity contribution is -0.741. The molecule has 0 amide bonds. The Hall–Kier alpha value is -2.34. The largest absolute Gasteiger partial charge is 0.502 e. The molecule has 1 heterocycles. The standard InChI is InChI=1S/C16H18N2O3S/c1-5-8-18-15(22-11(2)17-18)7-6-12-9-13(20-3)16(19)14(10-12)21-4/h5-7,9-10H,1,8H2,2-4H3/p+1. The minimum atomic E-state index is -0.00231. The number of hydrogen-bond acceptors (Lipinski definition) is 5. The minimum Gasteiger partial charge on any atom is -0.502 e. The van der Waals surface area contributed by atoms with Crippen molar-refractivity contribution in [1.29, 1.82) is 0 Å². The van der Waals surface area contributed by atoms with Gasteiger partial charge in [0.15, 0.2) is 23.1 Å². The number of phenolic OH excluding ortho intramolecular Hbond substituents is 1. The second-order valence-electron chi connectivity index (χ2n) is 4.54. The monoisotopic (exact) mass is 319 g/mol. The Kier molecular flexibility index (Phi) is 5.16. The smallest absolute Gasteiger partial charge is 0.289 e. The number of phenols is 1. The lowest BCUT2D eigenvalue weighted by Gasteiger charge is -2.09. The summed E-state index contributed by atoms with van der Waals surface area (Å²) in [5.74, 6) is 0.745. The molecule has 0 atom stereocenters. The van der Waals surface area contributed by atoms with Crippen LogP contribution in [0.3, 0.4) is 0 Å². The van der Waals surface area contributed by atoms with Crippen molar-refractivity contribution in [3.05, 3.63) is 40.4 Å². The van der Waals surface area contributed by atoms with Crippen LogP contribution >= 0.6 is 11.3 Å². The van der Waals surface area contributed by atoms with Gasteiger partial charge in [0.2, 0.25) is 5.75 Å². The fraction of sp³-hybridized carbons (Fsp3) is 0.250. The topological polar surface area (TPSA) is 55.5 Å². The predicted molar refractivity (Wildman–Crippen MR) is 87.4 cm³/mol. The van der Waals surface area contributed by atoms with Crippen LogP contribution in [-0.4, -0.2) is 24.4 Å². The molecule has 2 aromatic rings.